The Kier molecular flexibility index (Phi) is 4.90. The minimum atomic E-state index is -0.428. The summed E-state index contributed by atoms with van der Waals surface area (Å²) in [4.78, 5) is 10.3. The van der Waals surface area contributed by atoms with E-state index in [9.17, 15) is 10.1 Å². The zero-order valence-electron chi connectivity index (χ0n) is 13.6. The summed E-state index contributed by atoms with van der Waals surface area (Å²) in [5.74, 6) is 0. The van der Waals surface area contributed by atoms with Crippen molar-refractivity contribution >= 4 is 39.5 Å². The molecule has 0 spiro atoms. The fourth-order valence-electron chi connectivity index (χ4n) is 2.74. The average Bonchev–Trinajstić information content (AvgIpc) is 2.61. The first-order valence-corrected chi connectivity index (χ1v) is 8.25. The van der Waals surface area contributed by atoms with Crippen LogP contribution in [-0.2, 0) is 0 Å². The van der Waals surface area contributed by atoms with Crippen LogP contribution in [0.4, 0.5) is 11.4 Å². The van der Waals surface area contributed by atoms with Crippen molar-refractivity contribution in [1.82, 2.24) is 5.32 Å². The van der Waals surface area contributed by atoms with Crippen LogP contribution in [0.25, 0.3) is 10.8 Å². The lowest BCUT2D eigenvalue weighted by Gasteiger charge is -2.19. The number of nitro groups is 1. The molecule has 25 heavy (non-hydrogen) atoms. The number of nitrogens with zero attached hydrogens (tertiary/aromatic N) is 1. The predicted molar refractivity (Wildman–Crippen MR) is 105 cm³/mol. The molecular weight excluding hydrogens is 334 g/mol. The van der Waals surface area contributed by atoms with E-state index in [0.717, 1.165) is 5.56 Å². The van der Waals surface area contributed by atoms with Crippen LogP contribution in [0.5, 0.6) is 0 Å². The van der Waals surface area contributed by atoms with Crippen molar-refractivity contribution in [2.24, 2.45) is 0 Å². The van der Waals surface area contributed by atoms with E-state index in [4.69, 9.17) is 12.2 Å². The molecule has 6 heteroatoms. The monoisotopic (exact) mass is 351 g/mol. The molecule has 0 radical (unpaired) electrons. The molecule has 0 aliphatic carbocycles. The van der Waals surface area contributed by atoms with E-state index in [2.05, 4.69) is 34.9 Å². The second-order valence-corrected chi connectivity index (χ2v) is 6.10. The highest BCUT2D eigenvalue weighted by Crippen LogP contribution is 2.24. The van der Waals surface area contributed by atoms with Crippen LogP contribution in [0.3, 0.4) is 0 Å². The third kappa shape index (κ3) is 3.92. The summed E-state index contributed by atoms with van der Waals surface area (Å²) in [7, 11) is 0. The van der Waals surface area contributed by atoms with Crippen molar-refractivity contribution < 1.29 is 4.92 Å². The molecule has 0 bridgehead atoms. The Morgan fingerprint density at radius 1 is 1.04 bits per heavy atom. The predicted octanol–water partition coefficient (Wildman–Crippen LogP) is 4.80. The third-order valence-corrected chi connectivity index (χ3v) is 4.19. The van der Waals surface area contributed by atoms with Gasteiger partial charge >= 0.3 is 0 Å². The maximum absolute atomic E-state index is 10.7. The van der Waals surface area contributed by atoms with Gasteiger partial charge in [-0.1, -0.05) is 42.5 Å². The molecule has 126 valence electrons. The Morgan fingerprint density at radius 2 is 1.72 bits per heavy atom. The molecule has 3 rings (SSSR count). The minimum Gasteiger partial charge on any atom is -0.356 e. The second kappa shape index (κ2) is 7.27. The van der Waals surface area contributed by atoms with Gasteiger partial charge in [0.05, 0.1) is 11.0 Å². The summed E-state index contributed by atoms with van der Waals surface area (Å²) in [6.07, 6.45) is 0. The van der Waals surface area contributed by atoms with Crippen LogP contribution in [0, 0.1) is 10.1 Å². The molecule has 3 aromatic carbocycles. The topological polar surface area (TPSA) is 67.2 Å². The van der Waals surface area contributed by atoms with Gasteiger partial charge in [0.15, 0.2) is 5.11 Å². The largest absolute Gasteiger partial charge is 0.356 e. The normalized spacial score (nSPS) is 11.7. The molecule has 0 amide bonds. The van der Waals surface area contributed by atoms with E-state index in [-0.39, 0.29) is 11.7 Å². The Morgan fingerprint density at radius 3 is 2.44 bits per heavy atom. The van der Waals surface area contributed by atoms with Gasteiger partial charge in [0.25, 0.3) is 5.69 Å². The zero-order valence-corrected chi connectivity index (χ0v) is 14.4. The van der Waals surface area contributed by atoms with E-state index in [1.807, 2.05) is 25.1 Å². The molecule has 0 fully saturated rings. The standard InChI is InChI=1S/C19H17N3O2S/c1-13(17-8-4-6-14-5-2-3-7-18(14)17)20-19(25)21-15-9-11-16(12-10-15)22(23)24/h2-13H,1H3,(H2,20,21,25)/t13-/m0/s1. The number of non-ortho nitro benzene ring substituents is 1. The number of nitro benzene ring substituents is 1. The molecule has 0 saturated carbocycles. The fourth-order valence-corrected chi connectivity index (χ4v) is 3.03. The van der Waals surface area contributed by atoms with Gasteiger partial charge in [0, 0.05) is 17.8 Å². The van der Waals surface area contributed by atoms with E-state index >= 15 is 0 Å². The van der Waals surface area contributed by atoms with Gasteiger partial charge in [-0.05, 0) is 47.6 Å². The summed E-state index contributed by atoms with van der Waals surface area (Å²) in [6, 6.07) is 20.6. The second-order valence-electron chi connectivity index (χ2n) is 5.69. The fraction of sp³-hybridized carbons (Fsp3) is 0.105. The molecule has 0 aromatic heterocycles. The van der Waals surface area contributed by atoms with Crippen LogP contribution in [-0.4, -0.2) is 10.0 Å². The van der Waals surface area contributed by atoms with Gasteiger partial charge in [0.1, 0.15) is 0 Å². The first-order chi connectivity index (χ1) is 12.0. The van der Waals surface area contributed by atoms with Gasteiger partial charge in [-0.2, -0.15) is 0 Å². The maximum atomic E-state index is 10.7. The Bertz CT molecular complexity index is 920. The summed E-state index contributed by atoms with van der Waals surface area (Å²) < 4.78 is 0. The third-order valence-electron chi connectivity index (χ3n) is 3.97. The molecular formula is C19H17N3O2S. The van der Waals surface area contributed by atoms with E-state index in [1.165, 1.54) is 22.9 Å². The number of anilines is 1. The van der Waals surface area contributed by atoms with Crippen molar-refractivity contribution in [3.05, 3.63) is 82.4 Å². The maximum Gasteiger partial charge on any atom is 0.269 e. The highest BCUT2D eigenvalue weighted by atomic mass is 32.1. The number of thiocarbonyl (C=S) groups is 1. The number of fused-ring (bicyclic) bond motifs is 1. The van der Waals surface area contributed by atoms with Crippen LogP contribution in [0.2, 0.25) is 0 Å². The SMILES string of the molecule is C[C@H](NC(=S)Nc1ccc([N+](=O)[O-])cc1)c1cccc2ccccc12. The van der Waals surface area contributed by atoms with Crippen LogP contribution in [0.15, 0.2) is 66.7 Å². The number of hydrogen-bond donors (Lipinski definition) is 2. The molecule has 0 saturated heterocycles. The smallest absolute Gasteiger partial charge is 0.269 e. The van der Waals surface area contributed by atoms with Gasteiger partial charge < -0.3 is 10.6 Å². The van der Waals surface area contributed by atoms with Crippen molar-refractivity contribution in [3.8, 4) is 0 Å². The van der Waals surface area contributed by atoms with Crippen molar-refractivity contribution in [3.63, 3.8) is 0 Å². The van der Waals surface area contributed by atoms with Gasteiger partial charge in [-0.3, -0.25) is 10.1 Å². The van der Waals surface area contributed by atoms with Crippen molar-refractivity contribution in [2.75, 3.05) is 5.32 Å². The lowest BCUT2D eigenvalue weighted by Crippen LogP contribution is -2.30. The Balaban J connectivity index is 1.70. The Labute approximate surface area is 150 Å². The van der Waals surface area contributed by atoms with E-state index in [0.29, 0.717) is 10.8 Å². The highest BCUT2D eigenvalue weighted by molar-refractivity contribution is 7.80. The molecule has 2 N–H and O–H groups in total. The Hall–Kier alpha value is -2.99. The van der Waals surface area contributed by atoms with Gasteiger partial charge in [-0.25, -0.2) is 0 Å². The number of nitrogens with one attached hydrogen (secondary N) is 2. The summed E-state index contributed by atoms with van der Waals surface area (Å²) >= 11 is 5.36. The molecule has 0 unspecified atom stereocenters. The summed E-state index contributed by atoms with van der Waals surface area (Å²) in [5, 5.41) is 19.8. The number of hydrogen-bond acceptors (Lipinski definition) is 3. The lowest BCUT2D eigenvalue weighted by molar-refractivity contribution is -0.384. The zero-order chi connectivity index (χ0) is 17.8. The number of rotatable bonds is 4. The number of benzene rings is 3. The molecule has 5 nitrogen and oxygen atoms in total. The van der Waals surface area contributed by atoms with E-state index in [1.54, 1.807) is 12.1 Å². The van der Waals surface area contributed by atoms with E-state index < -0.39 is 4.92 Å². The average molecular weight is 351 g/mol. The first-order valence-electron chi connectivity index (χ1n) is 7.84. The molecule has 3 aromatic rings. The molecule has 0 heterocycles. The van der Waals surface area contributed by atoms with Crippen LogP contribution < -0.4 is 10.6 Å². The van der Waals surface area contributed by atoms with Crippen LogP contribution in [0.1, 0.15) is 18.5 Å². The quantitative estimate of drug-likeness (QED) is 0.402. The summed E-state index contributed by atoms with van der Waals surface area (Å²) in [6.45, 7) is 2.05. The van der Waals surface area contributed by atoms with Gasteiger partial charge in [0.2, 0.25) is 0 Å². The molecule has 0 aliphatic heterocycles. The van der Waals surface area contributed by atoms with Crippen LogP contribution >= 0.6 is 12.2 Å². The molecule has 0 aliphatic rings. The highest BCUT2D eigenvalue weighted by Gasteiger charge is 2.11. The first kappa shape index (κ1) is 16.9. The van der Waals surface area contributed by atoms with Gasteiger partial charge in [-0.15, -0.1) is 0 Å². The van der Waals surface area contributed by atoms with Crippen molar-refractivity contribution in [2.45, 2.75) is 13.0 Å². The molecule has 1 atom stereocenters. The minimum absolute atomic E-state index is 0.0177. The van der Waals surface area contributed by atoms with Crippen molar-refractivity contribution in [1.29, 1.82) is 0 Å². The lowest BCUT2D eigenvalue weighted by atomic mass is 10.00. The summed E-state index contributed by atoms with van der Waals surface area (Å²) in [5.41, 5.74) is 1.91.